The molecule has 3 nitrogen and oxygen atoms in total. The third kappa shape index (κ3) is 1.83. The van der Waals surface area contributed by atoms with Crippen LogP contribution in [0.25, 0.3) is 0 Å². The van der Waals surface area contributed by atoms with Gasteiger partial charge in [-0.25, -0.2) is 0 Å². The van der Waals surface area contributed by atoms with Crippen LogP contribution in [-0.4, -0.2) is 31.1 Å². The van der Waals surface area contributed by atoms with Crippen molar-refractivity contribution in [2.75, 3.05) is 20.1 Å². The van der Waals surface area contributed by atoms with Crippen molar-refractivity contribution in [1.82, 2.24) is 10.2 Å². The molecule has 1 aromatic heterocycles. The Balaban J connectivity index is 2.00. The van der Waals surface area contributed by atoms with Crippen LogP contribution < -0.4 is 5.32 Å². The van der Waals surface area contributed by atoms with Gasteiger partial charge in [-0.05, 0) is 39.1 Å². The summed E-state index contributed by atoms with van der Waals surface area (Å²) >= 11 is 0. The minimum atomic E-state index is 0.370. The smallest absolute Gasteiger partial charge is 0.120 e. The summed E-state index contributed by atoms with van der Waals surface area (Å²) in [6.07, 6.45) is 2.98. The predicted molar refractivity (Wildman–Crippen MR) is 56.2 cm³/mol. The van der Waals surface area contributed by atoms with Gasteiger partial charge in [0.2, 0.25) is 0 Å². The van der Waals surface area contributed by atoms with Crippen molar-refractivity contribution in [3.05, 3.63) is 24.2 Å². The van der Waals surface area contributed by atoms with Crippen molar-refractivity contribution < 1.29 is 4.42 Å². The molecular formula is C11H18N2O. The van der Waals surface area contributed by atoms with Gasteiger partial charge in [0, 0.05) is 12.6 Å². The molecule has 2 rings (SSSR count). The largest absolute Gasteiger partial charge is 0.468 e. The first kappa shape index (κ1) is 9.74. The van der Waals surface area contributed by atoms with E-state index >= 15 is 0 Å². The molecule has 1 saturated heterocycles. The second-order valence-electron chi connectivity index (χ2n) is 4.00. The Hall–Kier alpha value is -0.800. The molecule has 0 aromatic carbocycles. The SMILES string of the molecule is CC(c1ccco1)N(C)[C@@H]1CCNC1. The number of nitrogens with one attached hydrogen (secondary N) is 1. The number of likely N-dealkylation sites (N-methyl/N-ethyl adjacent to an activating group) is 1. The van der Waals surface area contributed by atoms with E-state index in [2.05, 4.69) is 24.2 Å². The molecule has 0 spiro atoms. The summed E-state index contributed by atoms with van der Waals surface area (Å²) < 4.78 is 5.41. The molecule has 1 fully saturated rings. The van der Waals surface area contributed by atoms with Gasteiger partial charge in [0.15, 0.2) is 0 Å². The Morgan fingerprint density at radius 3 is 3.07 bits per heavy atom. The van der Waals surface area contributed by atoms with Gasteiger partial charge < -0.3 is 9.73 Å². The van der Waals surface area contributed by atoms with Crippen LogP contribution in [-0.2, 0) is 0 Å². The van der Waals surface area contributed by atoms with Crippen molar-refractivity contribution in [2.24, 2.45) is 0 Å². The zero-order valence-corrected chi connectivity index (χ0v) is 8.86. The number of hydrogen-bond acceptors (Lipinski definition) is 3. The van der Waals surface area contributed by atoms with E-state index in [1.54, 1.807) is 6.26 Å². The van der Waals surface area contributed by atoms with Crippen LogP contribution in [0.1, 0.15) is 25.1 Å². The summed E-state index contributed by atoms with van der Waals surface area (Å²) in [6.45, 7) is 4.43. The minimum Gasteiger partial charge on any atom is -0.468 e. The second-order valence-corrected chi connectivity index (χ2v) is 4.00. The average molecular weight is 194 g/mol. The normalized spacial score (nSPS) is 24.4. The van der Waals surface area contributed by atoms with E-state index < -0.39 is 0 Å². The van der Waals surface area contributed by atoms with Gasteiger partial charge >= 0.3 is 0 Å². The van der Waals surface area contributed by atoms with Crippen molar-refractivity contribution in [3.8, 4) is 0 Å². The summed E-state index contributed by atoms with van der Waals surface area (Å²) in [7, 11) is 2.17. The number of nitrogens with zero attached hydrogens (tertiary/aromatic N) is 1. The summed E-state index contributed by atoms with van der Waals surface area (Å²) in [5.41, 5.74) is 0. The van der Waals surface area contributed by atoms with Crippen LogP contribution in [0.3, 0.4) is 0 Å². The van der Waals surface area contributed by atoms with Crippen LogP contribution in [0.4, 0.5) is 0 Å². The fourth-order valence-corrected chi connectivity index (χ4v) is 2.03. The fourth-order valence-electron chi connectivity index (χ4n) is 2.03. The molecule has 1 aliphatic heterocycles. The maximum Gasteiger partial charge on any atom is 0.120 e. The highest BCUT2D eigenvalue weighted by atomic mass is 16.3. The lowest BCUT2D eigenvalue weighted by Gasteiger charge is -2.28. The standard InChI is InChI=1S/C11H18N2O/c1-9(11-4-3-7-14-11)13(2)10-5-6-12-8-10/h3-4,7,9-10,12H,5-6,8H2,1-2H3/t9?,10-/m1/s1. The van der Waals surface area contributed by atoms with Crippen LogP contribution in [0.5, 0.6) is 0 Å². The Kier molecular flexibility index (Phi) is 2.89. The molecule has 0 amide bonds. The van der Waals surface area contributed by atoms with Crippen LogP contribution in [0.2, 0.25) is 0 Å². The molecule has 1 N–H and O–H groups in total. The molecule has 0 bridgehead atoms. The molecule has 0 saturated carbocycles. The summed E-state index contributed by atoms with van der Waals surface area (Å²) in [5, 5.41) is 3.38. The number of rotatable bonds is 3. The molecule has 1 aromatic rings. The molecular weight excluding hydrogens is 176 g/mol. The first-order chi connectivity index (χ1) is 6.79. The zero-order chi connectivity index (χ0) is 9.97. The van der Waals surface area contributed by atoms with Gasteiger partial charge in [0.1, 0.15) is 5.76 Å². The van der Waals surface area contributed by atoms with Crippen LogP contribution >= 0.6 is 0 Å². The average Bonchev–Trinajstić information content (AvgIpc) is 2.87. The maximum absolute atomic E-state index is 5.41. The Morgan fingerprint density at radius 1 is 1.64 bits per heavy atom. The summed E-state index contributed by atoms with van der Waals surface area (Å²) in [4.78, 5) is 2.39. The lowest BCUT2D eigenvalue weighted by atomic mass is 10.1. The lowest BCUT2D eigenvalue weighted by Crippen LogP contribution is -2.35. The summed E-state index contributed by atoms with van der Waals surface area (Å²) in [6, 6.07) is 5.01. The molecule has 2 atom stereocenters. The van der Waals surface area contributed by atoms with Gasteiger partial charge in [-0.2, -0.15) is 0 Å². The Morgan fingerprint density at radius 2 is 2.50 bits per heavy atom. The highest BCUT2D eigenvalue weighted by Crippen LogP contribution is 2.22. The van der Waals surface area contributed by atoms with Crippen molar-refractivity contribution in [3.63, 3.8) is 0 Å². The zero-order valence-electron chi connectivity index (χ0n) is 8.86. The van der Waals surface area contributed by atoms with Crippen LogP contribution in [0, 0.1) is 0 Å². The van der Waals surface area contributed by atoms with Gasteiger partial charge in [0.25, 0.3) is 0 Å². The van der Waals surface area contributed by atoms with Crippen molar-refractivity contribution >= 4 is 0 Å². The monoisotopic (exact) mass is 194 g/mol. The number of hydrogen-bond donors (Lipinski definition) is 1. The molecule has 0 aliphatic carbocycles. The van der Waals surface area contributed by atoms with E-state index in [0.29, 0.717) is 12.1 Å². The van der Waals surface area contributed by atoms with E-state index in [9.17, 15) is 0 Å². The Labute approximate surface area is 85.1 Å². The van der Waals surface area contributed by atoms with E-state index in [1.807, 2.05) is 12.1 Å². The first-order valence-electron chi connectivity index (χ1n) is 5.25. The highest BCUT2D eigenvalue weighted by molar-refractivity contribution is 5.04. The fraction of sp³-hybridized carbons (Fsp3) is 0.636. The predicted octanol–water partition coefficient (Wildman–Crippen LogP) is 1.63. The molecule has 1 unspecified atom stereocenters. The van der Waals surface area contributed by atoms with Gasteiger partial charge in [-0.3, -0.25) is 4.90 Å². The van der Waals surface area contributed by atoms with E-state index in [-0.39, 0.29) is 0 Å². The van der Waals surface area contributed by atoms with Crippen molar-refractivity contribution in [1.29, 1.82) is 0 Å². The molecule has 0 radical (unpaired) electrons. The topological polar surface area (TPSA) is 28.4 Å². The minimum absolute atomic E-state index is 0.370. The van der Waals surface area contributed by atoms with Gasteiger partial charge in [-0.1, -0.05) is 0 Å². The molecule has 1 aliphatic rings. The highest BCUT2D eigenvalue weighted by Gasteiger charge is 2.24. The quantitative estimate of drug-likeness (QED) is 0.793. The van der Waals surface area contributed by atoms with E-state index in [1.165, 1.54) is 6.42 Å². The first-order valence-corrected chi connectivity index (χ1v) is 5.25. The maximum atomic E-state index is 5.41. The molecule has 14 heavy (non-hydrogen) atoms. The third-order valence-electron chi connectivity index (χ3n) is 3.18. The molecule has 78 valence electrons. The van der Waals surface area contributed by atoms with Crippen molar-refractivity contribution in [2.45, 2.75) is 25.4 Å². The van der Waals surface area contributed by atoms with E-state index in [0.717, 1.165) is 18.8 Å². The molecule has 3 heteroatoms. The van der Waals surface area contributed by atoms with Crippen LogP contribution in [0.15, 0.2) is 22.8 Å². The Bertz CT molecular complexity index is 265. The molecule has 2 heterocycles. The lowest BCUT2D eigenvalue weighted by molar-refractivity contribution is 0.176. The number of furan rings is 1. The summed E-state index contributed by atoms with van der Waals surface area (Å²) in [5.74, 6) is 1.06. The van der Waals surface area contributed by atoms with Gasteiger partial charge in [-0.15, -0.1) is 0 Å². The second kappa shape index (κ2) is 4.15. The third-order valence-corrected chi connectivity index (χ3v) is 3.18. The van der Waals surface area contributed by atoms with Gasteiger partial charge in [0.05, 0.1) is 12.3 Å². The van der Waals surface area contributed by atoms with E-state index in [4.69, 9.17) is 4.42 Å².